The highest BCUT2D eigenvalue weighted by molar-refractivity contribution is 9.10. The molecule has 1 aromatic rings. The van der Waals surface area contributed by atoms with Gasteiger partial charge in [0.25, 0.3) is 5.91 Å². The summed E-state index contributed by atoms with van der Waals surface area (Å²) < 4.78 is 13.5. The Morgan fingerprint density at radius 2 is 1.88 bits per heavy atom. The normalized spacial score (nSPS) is 9.82. The van der Waals surface area contributed by atoms with Gasteiger partial charge in [0, 0.05) is 30.0 Å². The number of rotatable bonds is 4. The Labute approximate surface area is 107 Å². The molecule has 0 heterocycles. The Morgan fingerprint density at radius 3 is 2.47 bits per heavy atom. The lowest BCUT2D eigenvalue weighted by atomic mass is 10.2. The number of carbonyl (C=O) groups is 2. The van der Waals surface area contributed by atoms with Crippen LogP contribution in [0.15, 0.2) is 22.7 Å². The molecule has 0 aromatic heterocycles. The highest BCUT2D eigenvalue weighted by atomic mass is 79.9. The molecule has 0 atom stereocenters. The van der Waals surface area contributed by atoms with Crippen molar-refractivity contribution in [1.82, 2.24) is 10.6 Å². The maximum absolute atomic E-state index is 13.0. The van der Waals surface area contributed by atoms with Crippen LogP contribution in [-0.4, -0.2) is 24.9 Å². The molecule has 1 aromatic carbocycles. The topological polar surface area (TPSA) is 58.2 Å². The van der Waals surface area contributed by atoms with Crippen LogP contribution >= 0.6 is 15.9 Å². The van der Waals surface area contributed by atoms with E-state index in [1.54, 1.807) is 0 Å². The van der Waals surface area contributed by atoms with E-state index < -0.39 is 5.82 Å². The SMILES string of the molecule is CC(=O)NCCNC(=O)c1cc(F)cc(Br)c1. The zero-order chi connectivity index (χ0) is 12.8. The third kappa shape index (κ3) is 4.95. The molecule has 0 saturated carbocycles. The van der Waals surface area contributed by atoms with Gasteiger partial charge in [-0.25, -0.2) is 4.39 Å². The van der Waals surface area contributed by atoms with E-state index in [1.165, 1.54) is 19.1 Å². The van der Waals surface area contributed by atoms with E-state index in [0.717, 1.165) is 6.07 Å². The van der Waals surface area contributed by atoms with Crippen molar-refractivity contribution in [3.8, 4) is 0 Å². The van der Waals surface area contributed by atoms with Crippen LogP contribution in [0.3, 0.4) is 0 Å². The van der Waals surface area contributed by atoms with Gasteiger partial charge in [0.05, 0.1) is 0 Å². The average molecular weight is 303 g/mol. The van der Waals surface area contributed by atoms with Crippen LogP contribution in [0, 0.1) is 5.82 Å². The molecule has 0 unspecified atom stereocenters. The number of hydrogen-bond donors (Lipinski definition) is 2. The highest BCUT2D eigenvalue weighted by Crippen LogP contribution is 2.14. The lowest BCUT2D eigenvalue weighted by molar-refractivity contribution is -0.118. The van der Waals surface area contributed by atoms with Crippen molar-refractivity contribution in [3.63, 3.8) is 0 Å². The summed E-state index contributed by atoms with van der Waals surface area (Å²) in [6, 6.07) is 3.95. The van der Waals surface area contributed by atoms with Crippen molar-refractivity contribution < 1.29 is 14.0 Å². The van der Waals surface area contributed by atoms with E-state index in [4.69, 9.17) is 0 Å². The summed E-state index contributed by atoms with van der Waals surface area (Å²) >= 11 is 3.11. The zero-order valence-corrected chi connectivity index (χ0v) is 10.8. The lowest BCUT2D eigenvalue weighted by Crippen LogP contribution is -2.33. The number of halogens is 2. The van der Waals surface area contributed by atoms with Crippen molar-refractivity contribution >= 4 is 27.7 Å². The lowest BCUT2D eigenvalue weighted by Gasteiger charge is -2.06. The molecule has 6 heteroatoms. The van der Waals surface area contributed by atoms with Crippen molar-refractivity contribution in [1.29, 1.82) is 0 Å². The number of nitrogens with one attached hydrogen (secondary N) is 2. The highest BCUT2D eigenvalue weighted by Gasteiger charge is 2.07. The van der Waals surface area contributed by atoms with Gasteiger partial charge in [-0.3, -0.25) is 9.59 Å². The largest absolute Gasteiger partial charge is 0.355 e. The van der Waals surface area contributed by atoms with Gasteiger partial charge in [-0.15, -0.1) is 0 Å². The molecular weight excluding hydrogens is 291 g/mol. The molecule has 92 valence electrons. The standard InChI is InChI=1S/C11H12BrFN2O2/c1-7(16)14-2-3-15-11(17)8-4-9(12)6-10(13)5-8/h4-6H,2-3H2,1H3,(H,14,16)(H,15,17). The predicted octanol–water partition coefficient (Wildman–Crippen LogP) is 1.45. The van der Waals surface area contributed by atoms with E-state index in [2.05, 4.69) is 26.6 Å². The summed E-state index contributed by atoms with van der Waals surface area (Å²) in [5.41, 5.74) is 0.236. The third-order valence-electron chi connectivity index (χ3n) is 1.91. The second kappa shape index (κ2) is 6.34. The first-order valence-corrected chi connectivity index (χ1v) is 5.77. The summed E-state index contributed by atoms with van der Waals surface area (Å²) in [7, 11) is 0. The van der Waals surface area contributed by atoms with E-state index in [9.17, 15) is 14.0 Å². The first kappa shape index (κ1) is 13.6. The molecule has 2 amide bonds. The van der Waals surface area contributed by atoms with Crippen molar-refractivity contribution in [2.75, 3.05) is 13.1 Å². The summed E-state index contributed by atoms with van der Waals surface area (Å²) in [4.78, 5) is 22.2. The zero-order valence-electron chi connectivity index (χ0n) is 9.22. The first-order chi connectivity index (χ1) is 7.99. The monoisotopic (exact) mass is 302 g/mol. The predicted molar refractivity (Wildman–Crippen MR) is 65.1 cm³/mol. The fourth-order valence-electron chi connectivity index (χ4n) is 1.20. The second-order valence-electron chi connectivity index (χ2n) is 3.40. The van der Waals surface area contributed by atoms with Gasteiger partial charge >= 0.3 is 0 Å². The van der Waals surface area contributed by atoms with E-state index in [-0.39, 0.29) is 17.4 Å². The minimum absolute atomic E-state index is 0.159. The van der Waals surface area contributed by atoms with Gasteiger partial charge in [0.15, 0.2) is 0 Å². The Bertz CT molecular complexity index is 417. The Morgan fingerprint density at radius 1 is 1.24 bits per heavy atom. The number of benzene rings is 1. The molecular formula is C11H12BrFN2O2. The fraction of sp³-hybridized carbons (Fsp3) is 0.273. The summed E-state index contributed by atoms with van der Waals surface area (Å²) in [5, 5.41) is 5.11. The summed E-state index contributed by atoms with van der Waals surface area (Å²) in [5.74, 6) is -1.02. The molecule has 0 bridgehead atoms. The molecule has 0 fully saturated rings. The molecule has 0 radical (unpaired) electrons. The van der Waals surface area contributed by atoms with Crippen LogP contribution in [-0.2, 0) is 4.79 Å². The van der Waals surface area contributed by atoms with Gasteiger partial charge in [-0.1, -0.05) is 15.9 Å². The van der Waals surface area contributed by atoms with E-state index >= 15 is 0 Å². The van der Waals surface area contributed by atoms with Gasteiger partial charge in [-0.05, 0) is 18.2 Å². The number of amides is 2. The maximum atomic E-state index is 13.0. The molecule has 2 N–H and O–H groups in total. The summed E-state index contributed by atoms with van der Waals surface area (Å²) in [6.45, 7) is 2.04. The molecule has 1 rings (SSSR count). The Kier molecular flexibility index (Phi) is 5.09. The molecule has 0 aliphatic heterocycles. The second-order valence-corrected chi connectivity index (χ2v) is 4.31. The van der Waals surface area contributed by atoms with Gasteiger partial charge in [-0.2, -0.15) is 0 Å². The molecule has 4 nitrogen and oxygen atoms in total. The molecule has 0 aliphatic rings. The number of hydrogen-bond acceptors (Lipinski definition) is 2. The molecule has 0 saturated heterocycles. The molecule has 17 heavy (non-hydrogen) atoms. The van der Waals surface area contributed by atoms with Crippen LogP contribution in [0.1, 0.15) is 17.3 Å². The van der Waals surface area contributed by atoms with E-state index in [1.807, 2.05) is 0 Å². The maximum Gasteiger partial charge on any atom is 0.251 e. The quantitative estimate of drug-likeness (QED) is 0.827. The third-order valence-corrected chi connectivity index (χ3v) is 2.37. The van der Waals surface area contributed by atoms with Crippen LogP contribution in [0.5, 0.6) is 0 Å². The summed E-state index contributed by atoms with van der Waals surface area (Å²) in [6.07, 6.45) is 0. The van der Waals surface area contributed by atoms with Crippen LogP contribution in [0.2, 0.25) is 0 Å². The smallest absolute Gasteiger partial charge is 0.251 e. The average Bonchev–Trinajstić information content (AvgIpc) is 2.22. The van der Waals surface area contributed by atoms with Gasteiger partial charge in [0.2, 0.25) is 5.91 Å². The minimum atomic E-state index is -0.480. The molecule has 0 spiro atoms. The Balaban J connectivity index is 2.49. The Hall–Kier alpha value is -1.43. The van der Waals surface area contributed by atoms with Gasteiger partial charge < -0.3 is 10.6 Å². The fourth-order valence-corrected chi connectivity index (χ4v) is 1.67. The van der Waals surface area contributed by atoms with E-state index in [0.29, 0.717) is 17.6 Å². The van der Waals surface area contributed by atoms with Crippen molar-refractivity contribution in [3.05, 3.63) is 34.1 Å². The van der Waals surface area contributed by atoms with Crippen LogP contribution in [0.4, 0.5) is 4.39 Å². The van der Waals surface area contributed by atoms with Gasteiger partial charge in [0.1, 0.15) is 5.82 Å². The molecule has 0 aliphatic carbocycles. The minimum Gasteiger partial charge on any atom is -0.355 e. The van der Waals surface area contributed by atoms with Crippen LogP contribution in [0.25, 0.3) is 0 Å². The number of carbonyl (C=O) groups excluding carboxylic acids is 2. The first-order valence-electron chi connectivity index (χ1n) is 4.98. The van der Waals surface area contributed by atoms with Crippen LogP contribution < -0.4 is 10.6 Å². The van der Waals surface area contributed by atoms with Crippen molar-refractivity contribution in [2.45, 2.75) is 6.92 Å². The van der Waals surface area contributed by atoms with Crippen molar-refractivity contribution in [2.24, 2.45) is 0 Å².